The van der Waals surface area contributed by atoms with Crippen LogP contribution < -0.4 is 5.32 Å². The molecule has 0 aliphatic rings. The van der Waals surface area contributed by atoms with Gasteiger partial charge in [0.1, 0.15) is 8.07 Å². The molecule has 0 unspecified atom stereocenters. The number of aromatic nitrogens is 1. The van der Waals surface area contributed by atoms with Gasteiger partial charge in [-0.3, -0.25) is 4.98 Å². The second-order valence-electron chi connectivity index (χ2n) is 4.48. The molecule has 1 rings (SSSR count). The molecule has 1 aromatic heterocycles. The summed E-state index contributed by atoms with van der Waals surface area (Å²) in [5.41, 5.74) is 2.41. The van der Waals surface area contributed by atoms with E-state index in [-0.39, 0.29) is 0 Å². The molecule has 0 saturated heterocycles. The molecule has 0 N–H and O–H groups in total. The van der Waals surface area contributed by atoms with Gasteiger partial charge in [0.25, 0.3) is 0 Å². The number of hydrogen-bond donors (Lipinski definition) is 0. The minimum atomic E-state index is -1.42. The largest absolute Gasteiger partial charge is 0.266 e. The molecule has 2 heteroatoms. The van der Waals surface area contributed by atoms with Crippen LogP contribution >= 0.6 is 0 Å². The minimum absolute atomic E-state index is 1.21. The number of allylic oxidation sites excluding steroid dienone is 1. The van der Waals surface area contributed by atoms with Gasteiger partial charge in [-0.2, -0.15) is 0 Å². The van der Waals surface area contributed by atoms with Gasteiger partial charge in [-0.15, -0.1) is 0 Å². The fourth-order valence-corrected chi connectivity index (χ4v) is 3.39. The summed E-state index contributed by atoms with van der Waals surface area (Å²) >= 11 is 0. The molecule has 0 aliphatic heterocycles. The van der Waals surface area contributed by atoms with E-state index >= 15 is 0 Å². The normalized spacial score (nSPS) is 12.2. The lowest BCUT2D eigenvalue weighted by molar-refractivity contribution is 0.815. The van der Waals surface area contributed by atoms with Crippen LogP contribution in [-0.2, 0) is 0 Å². The number of unbranched alkanes of at least 4 members (excludes halogenated alkanes) is 2. The van der Waals surface area contributed by atoms with E-state index in [9.17, 15) is 0 Å². The maximum absolute atomic E-state index is 4.46. The molecule has 1 heterocycles. The van der Waals surface area contributed by atoms with Crippen molar-refractivity contribution in [1.29, 1.82) is 0 Å². The van der Waals surface area contributed by atoms with Gasteiger partial charge in [-0.1, -0.05) is 50.7 Å². The van der Waals surface area contributed by atoms with E-state index < -0.39 is 8.07 Å². The van der Waals surface area contributed by atoms with Crippen LogP contribution in [0.2, 0.25) is 13.1 Å². The fourth-order valence-electron chi connectivity index (χ4n) is 1.53. The lowest BCUT2D eigenvalue weighted by Crippen LogP contribution is -2.41. The van der Waals surface area contributed by atoms with Crippen LogP contribution in [0.15, 0.2) is 36.2 Å². The van der Waals surface area contributed by atoms with Crippen LogP contribution in [0.25, 0.3) is 0 Å². The first-order valence-corrected chi connectivity index (χ1v) is 8.84. The predicted octanol–water partition coefficient (Wildman–Crippen LogP) is 3.28. The van der Waals surface area contributed by atoms with Crippen molar-refractivity contribution >= 4 is 13.4 Å². The van der Waals surface area contributed by atoms with Crippen molar-refractivity contribution in [2.45, 2.75) is 39.3 Å². The van der Waals surface area contributed by atoms with E-state index in [0.29, 0.717) is 0 Å². The van der Waals surface area contributed by atoms with Gasteiger partial charge in [0.05, 0.1) is 0 Å². The molecule has 1 aromatic rings. The predicted molar refractivity (Wildman–Crippen MR) is 70.0 cm³/mol. The Morgan fingerprint density at radius 2 is 2.13 bits per heavy atom. The van der Waals surface area contributed by atoms with Crippen LogP contribution in [0.5, 0.6) is 0 Å². The Kier molecular flexibility index (Phi) is 4.76. The average molecular weight is 219 g/mol. The highest BCUT2D eigenvalue weighted by molar-refractivity contribution is 6.93. The van der Waals surface area contributed by atoms with Crippen LogP contribution in [0.3, 0.4) is 0 Å². The number of nitrogens with zero attached hydrogens (tertiary/aromatic N) is 1. The maximum Gasteiger partial charge on any atom is 0.127 e. The molecular formula is C13H21NSi. The van der Waals surface area contributed by atoms with Crippen LogP contribution in [0, 0.1) is 0 Å². The van der Waals surface area contributed by atoms with Crippen LogP contribution in [0.4, 0.5) is 0 Å². The standard InChI is InChI=1S/C13H21NSi/c1-4-5-6-9-12-15(2,3)13-10-7-8-11-14-13/h7-12H,4-6H2,1-3H3/b12-9+. The van der Waals surface area contributed by atoms with Crippen molar-refractivity contribution in [1.82, 2.24) is 4.98 Å². The summed E-state index contributed by atoms with van der Waals surface area (Å²) in [6, 6.07) is 6.21. The van der Waals surface area contributed by atoms with Gasteiger partial charge in [-0.25, -0.2) is 0 Å². The summed E-state index contributed by atoms with van der Waals surface area (Å²) in [5, 5.41) is 1.28. The van der Waals surface area contributed by atoms with E-state index in [1.807, 2.05) is 12.3 Å². The number of rotatable bonds is 5. The molecule has 0 amide bonds. The molecular weight excluding hydrogens is 198 g/mol. The Morgan fingerprint density at radius 1 is 1.33 bits per heavy atom. The van der Waals surface area contributed by atoms with Gasteiger partial charge in [0.15, 0.2) is 0 Å². The zero-order valence-corrected chi connectivity index (χ0v) is 11.0. The highest BCUT2D eigenvalue weighted by atomic mass is 28.3. The monoisotopic (exact) mass is 219 g/mol. The van der Waals surface area contributed by atoms with Gasteiger partial charge < -0.3 is 0 Å². The minimum Gasteiger partial charge on any atom is -0.266 e. The van der Waals surface area contributed by atoms with Gasteiger partial charge >= 0.3 is 0 Å². The van der Waals surface area contributed by atoms with E-state index in [0.717, 1.165) is 0 Å². The van der Waals surface area contributed by atoms with Gasteiger partial charge in [-0.05, 0) is 18.6 Å². The Labute approximate surface area is 94.3 Å². The van der Waals surface area contributed by atoms with Crippen molar-refractivity contribution in [2.24, 2.45) is 0 Å². The third kappa shape index (κ3) is 4.00. The first-order chi connectivity index (χ1) is 7.17. The molecule has 0 aliphatic carbocycles. The van der Waals surface area contributed by atoms with E-state index in [2.05, 4.69) is 48.9 Å². The summed E-state index contributed by atoms with van der Waals surface area (Å²) in [6.07, 6.45) is 8.01. The number of hydrogen-bond acceptors (Lipinski definition) is 1. The Balaban J connectivity index is 2.63. The molecule has 0 radical (unpaired) electrons. The van der Waals surface area contributed by atoms with Crippen molar-refractivity contribution < 1.29 is 0 Å². The van der Waals surface area contributed by atoms with Crippen LogP contribution in [0.1, 0.15) is 26.2 Å². The maximum atomic E-state index is 4.46. The summed E-state index contributed by atoms with van der Waals surface area (Å²) in [4.78, 5) is 4.46. The van der Waals surface area contributed by atoms with E-state index in [1.54, 1.807) is 0 Å². The molecule has 82 valence electrons. The Morgan fingerprint density at radius 3 is 2.73 bits per heavy atom. The van der Waals surface area contributed by atoms with E-state index in [1.165, 1.54) is 24.6 Å². The molecule has 1 nitrogen and oxygen atoms in total. The van der Waals surface area contributed by atoms with Crippen molar-refractivity contribution in [3.8, 4) is 0 Å². The smallest absolute Gasteiger partial charge is 0.127 e. The molecule has 0 fully saturated rings. The molecule has 0 atom stereocenters. The molecule has 15 heavy (non-hydrogen) atoms. The molecule has 0 bridgehead atoms. The average Bonchev–Trinajstić information content (AvgIpc) is 2.26. The second kappa shape index (κ2) is 5.86. The molecule has 0 spiro atoms. The first-order valence-electron chi connectivity index (χ1n) is 5.76. The zero-order chi connectivity index (χ0) is 11.1. The van der Waals surface area contributed by atoms with Crippen LogP contribution in [-0.4, -0.2) is 13.1 Å². The topological polar surface area (TPSA) is 12.9 Å². The number of pyridine rings is 1. The summed E-state index contributed by atoms with van der Waals surface area (Å²) in [6.45, 7) is 6.92. The SMILES string of the molecule is CCCC/C=C/[Si](C)(C)c1ccccn1. The van der Waals surface area contributed by atoms with Gasteiger partial charge in [0, 0.05) is 11.5 Å². The highest BCUT2D eigenvalue weighted by Gasteiger charge is 2.20. The summed E-state index contributed by atoms with van der Waals surface area (Å²) in [5.74, 6) is 0. The zero-order valence-electron chi connectivity index (χ0n) is 10.0. The Hall–Kier alpha value is -0.893. The molecule has 0 saturated carbocycles. The lowest BCUT2D eigenvalue weighted by Gasteiger charge is -2.16. The second-order valence-corrected chi connectivity index (χ2v) is 8.77. The quantitative estimate of drug-likeness (QED) is 0.547. The summed E-state index contributed by atoms with van der Waals surface area (Å²) < 4.78 is 0. The van der Waals surface area contributed by atoms with Crippen molar-refractivity contribution in [3.63, 3.8) is 0 Å². The first kappa shape index (κ1) is 12.2. The third-order valence-corrected chi connectivity index (χ3v) is 5.27. The summed E-state index contributed by atoms with van der Waals surface area (Å²) in [7, 11) is -1.42. The lowest BCUT2D eigenvalue weighted by atomic mass is 10.2. The van der Waals surface area contributed by atoms with Crippen molar-refractivity contribution in [3.05, 3.63) is 36.2 Å². The van der Waals surface area contributed by atoms with Crippen molar-refractivity contribution in [2.75, 3.05) is 0 Å². The fraction of sp³-hybridized carbons (Fsp3) is 0.462. The van der Waals surface area contributed by atoms with E-state index in [4.69, 9.17) is 0 Å². The highest BCUT2D eigenvalue weighted by Crippen LogP contribution is 2.05. The molecule has 0 aromatic carbocycles. The Bertz CT molecular complexity index is 304. The third-order valence-electron chi connectivity index (χ3n) is 2.58. The van der Waals surface area contributed by atoms with Gasteiger partial charge in [0.2, 0.25) is 0 Å².